The van der Waals surface area contributed by atoms with E-state index in [0.29, 0.717) is 11.6 Å². The van der Waals surface area contributed by atoms with Gasteiger partial charge in [0.15, 0.2) is 0 Å². The van der Waals surface area contributed by atoms with Crippen molar-refractivity contribution in [1.82, 2.24) is 19.7 Å². The first kappa shape index (κ1) is 17.7. The molecule has 1 aliphatic rings. The van der Waals surface area contributed by atoms with E-state index in [0.717, 1.165) is 24.6 Å². The molecule has 0 unspecified atom stereocenters. The van der Waals surface area contributed by atoms with Crippen LogP contribution in [0.25, 0.3) is 5.69 Å². The highest BCUT2D eigenvalue weighted by Crippen LogP contribution is 2.14. The standard InChI is InChI=1S/C9H8ClN3.C6H11NO2S/c1-7-11-6-12-13(7)9-4-2-3-8(10)5-9;8-10(9)6-5-7-3-1-2-4-7/h2-6H,1H3;6H,1-5H2. The van der Waals surface area contributed by atoms with E-state index >= 15 is 0 Å². The molecular formula is C15H19ClN4O2S. The van der Waals surface area contributed by atoms with Crippen molar-refractivity contribution < 1.29 is 8.42 Å². The summed E-state index contributed by atoms with van der Waals surface area (Å²) in [5, 5.41) is 6.09. The molecule has 2 heterocycles. The lowest BCUT2D eigenvalue weighted by Crippen LogP contribution is -2.21. The molecule has 6 nitrogen and oxygen atoms in total. The Hall–Kier alpha value is -1.70. The summed E-state index contributed by atoms with van der Waals surface area (Å²) in [6.45, 7) is 4.59. The van der Waals surface area contributed by atoms with E-state index in [4.69, 9.17) is 11.6 Å². The van der Waals surface area contributed by atoms with Gasteiger partial charge in [0.2, 0.25) is 10.3 Å². The van der Waals surface area contributed by atoms with Crippen molar-refractivity contribution in [2.75, 3.05) is 19.6 Å². The zero-order valence-corrected chi connectivity index (χ0v) is 14.5. The van der Waals surface area contributed by atoms with Gasteiger partial charge in [-0.05, 0) is 51.1 Å². The number of likely N-dealkylation sites (tertiary alicyclic amines) is 1. The Labute approximate surface area is 142 Å². The highest BCUT2D eigenvalue weighted by atomic mass is 35.5. The second kappa shape index (κ2) is 8.81. The Balaban J connectivity index is 0.000000174. The first-order chi connectivity index (χ1) is 11.1. The summed E-state index contributed by atoms with van der Waals surface area (Å²) in [7, 11) is -1.98. The molecule has 1 aromatic heterocycles. The van der Waals surface area contributed by atoms with Gasteiger partial charge in [0.25, 0.3) is 0 Å². The van der Waals surface area contributed by atoms with Crippen LogP contribution in [0.4, 0.5) is 0 Å². The van der Waals surface area contributed by atoms with Gasteiger partial charge >= 0.3 is 0 Å². The zero-order valence-electron chi connectivity index (χ0n) is 12.9. The molecule has 0 radical (unpaired) electrons. The number of halogens is 1. The van der Waals surface area contributed by atoms with E-state index in [9.17, 15) is 8.42 Å². The van der Waals surface area contributed by atoms with Gasteiger partial charge in [-0.2, -0.15) is 13.5 Å². The highest BCUT2D eigenvalue weighted by Gasteiger charge is 2.08. The summed E-state index contributed by atoms with van der Waals surface area (Å²) < 4.78 is 21.9. The first-order valence-electron chi connectivity index (χ1n) is 7.32. The van der Waals surface area contributed by atoms with Crippen molar-refractivity contribution in [1.29, 1.82) is 0 Å². The van der Waals surface area contributed by atoms with Crippen LogP contribution in [0.2, 0.25) is 5.02 Å². The lowest BCUT2D eigenvalue weighted by Gasteiger charge is -2.08. The van der Waals surface area contributed by atoms with Crippen LogP contribution in [0, 0.1) is 6.92 Å². The number of hydrogen-bond donors (Lipinski definition) is 0. The SMILES string of the molecule is Cc1ncnn1-c1cccc(Cl)c1.O=S(=O)=CCN1CCCC1. The molecule has 0 bridgehead atoms. The molecule has 0 saturated carbocycles. The van der Waals surface area contributed by atoms with Gasteiger partial charge in [-0.1, -0.05) is 17.7 Å². The van der Waals surface area contributed by atoms with Crippen molar-refractivity contribution in [2.24, 2.45) is 0 Å². The van der Waals surface area contributed by atoms with Crippen LogP contribution in [-0.4, -0.2) is 53.1 Å². The smallest absolute Gasteiger partial charge is 0.211 e. The molecule has 1 aliphatic heterocycles. The molecule has 1 aromatic carbocycles. The molecule has 8 heteroatoms. The van der Waals surface area contributed by atoms with Gasteiger partial charge < -0.3 is 0 Å². The van der Waals surface area contributed by atoms with E-state index in [-0.39, 0.29) is 0 Å². The summed E-state index contributed by atoms with van der Waals surface area (Å²) >= 11 is 5.85. The lowest BCUT2D eigenvalue weighted by atomic mass is 10.3. The van der Waals surface area contributed by atoms with Crippen molar-refractivity contribution in [2.45, 2.75) is 19.8 Å². The molecule has 0 atom stereocenters. The third-order valence-electron chi connectivity index (χ3n) is 3.44. The van der Waals surface area contributed by atoms with Gasteiger partial charge in [-0.25, -0.2) is 9.67 Å². The maximum absolute atomic E-state index is 10.1. The van der Waals surface area contributed by atoms with Gasteiger partial charge in [-0.15, -0.1) is 0 Å². The van der Waals surface area contributed by atoms with Gasteiger partial charge in [0.05, 0.1) is 5.69 Å². The normalized spacial score (nSPS) is 14.2. The monoisotopic (exact) mass is 354 g/mol. The van der Waals surface area contributed by atoms with Gasteiger partial charge in [-0.3, -0.25) is 4.90 Å². The van der Waals surface area contributed by atoms with Crippen molar-refractivity contribution >= 4 is 27.3 Å². The Morgan fingerprint density at radius 2 is 2.04 bits per heavy atom. The van der Waals surface area contributed by atoms with Gasteiger partial charge in [0, 0.05) is 16.9 Å². The summed E-state index contributed by atoms with van der Waals surface area (Å²) in [5.74, 6) is 0.849. The van der Waals surface area contributed by atoms with Crippen LogP contribution < -0.4 is 0 Å². The van der Waals surface area contributed by atoms with Crippen molar-refractivity contribution in [3.8, 4) is 5.69 Å². The number of benzene rings is 1. The minimum Gasteiger partial charge on any atom is -0.299 e. The van der Waals surface area contributed by atoms with E-state index in [1.165, 1.54) is 24.5 Å². The van der Waals surface area contributed by atoms with Crippen molar-refractivity contribution in [3.63, 3.8) is 0 Å². The highest BCUT2D eigenvalue weighted by molar-refractivity contribution is 7.71. The molecule has 1 fully saturated rings. The van der Waals surface area contributed by atoms with E-state index < -0.39 is 10.3 Å². The minimum absolute atomic E-state index is 0.593. The maximum Gasteiger partial charge on any atom is 0.211 e. The quantitative estimate of drug-likeness (QED) is 0.788. The maximum atomic E-state index is 10.1. The second-order valence-corrected chi connectivity index (χ2v) is 6.42. The van der Waals surface area contributed by atoms with Crippen LogP contribution in [0.3, 0.4) is 0 Å². The van der Waals surface area contributed by atoms with Crippen molar-refractivity contribution in [3.05, 3.63) is 41.4 Å². The Bertz CT molecular complexity index is 759. The first-order valence-corrected chi connectivity index (χ1v) is 8.84. The molecule has 23 heavy (non-hydrogen) atoms. The fraction of sp³-hybridized carbons (Fsp3) is 0.400. The number of nitrogens with zero attached hydrogens (tertiary/aromatic N) is 4. The zero-order chi connectivity index (χ0) is 16.7. The molecule has 2 aromatic rings. The van der Waals surface area contributed by atoms with Crippen LogP contribution in [0.1, 0.15) is 18.7 Å². The largest absolute Gasteiger partial charge is 0.299 e. The number of hydrogen-bond acceptors (Lipinski definition) is 5. The number of aromatic nitrogens is 3. The summed E-state index contributed by atoms with van der Waals surface area (Å²) in [6, 6.07) is 7.51. The predicted octanol–water partition coefficient (Wildman–Crippen LogP) is 1.99. The molecule has 1 saturated heterocycles. The fourth-order valence-electron chi connectivity index (χ4n) is 2.29. The molecular weight excluding hydrogens is 336 g/mol. The van der Waals surface area contributed by atoms with E-state index in [1.54, 1.807) is 4.68 Å². The third-order valence-corrected chi connectivity index (χ3v) is 4.09. The minimum atomic E-state index is -1.98. The summed E-state index contributed by atoms with van der Waals surface area (Å²) in [4.78, 5) is 6.17. The van der Waals surface area contributed by atoms with Crippen LogP contribution in [-0.2, 0) is 10.3 Å². The molecule has 124 valence electrons. The second-order valence-electron chi connectivity index (χ2n) is 5.13. The number of rotatable bonds is 3. The topological polar surface area (TPSA) is 68.1 Å². The Morgan fingerprint density at radius 3 is 2.61 bits per heavy atom. The third kappa shape index (κ3) is 5.78. The Morgan fingerprint density at radius 1 is 1.30 bits per heavy atom. The van der Waals surface area contributed by atoms with Crippen LogP contribution in [0.5, 0.6) is 0 Å². The van der Waals surface area contributed by atoms with E-state index in [1.807, 2.05) is 31.2 Å². The average Bonchev–Trinajstić information content (AvgIpc) is 3.17. The Kier molecular flexibility index (Phi) is 6.76. The van der Waals surface area contributed by atoms with Crippen LogP contribution in [0.15, 0.2) is 30.6 Å². The molecule has 0 N–H and O–H groups in total. The predicted molar refractivity (Wildman–Crippen MR) is 91.8 cm³/mol. The lowest BCUT2D eigenvalue weighted by molar-refractivity contribution is 0.392. The summed E-state index contributed by atoms with van der Waals surface area (Å²) in [6.07, 6.45) is 3.94. The number of aryl methyl sites for hydroxylation is 1. The molecule has 3 rings (SSSR count). The molecule has 0 amide bonds. The molecule has 0 aliphatic carbocycles. The average molecular weight is 355 g/mol. The fourth-order valence-corrected chi connectivity index (χ4v) is 2.81. The van der Waals surface area contributed by atoms with E-state index in [2.05, 4.69) is 15.0 Å². The van der Waals surface area contributed by atoms with Gasteiger partial charge in [0.1, 0.15) is 12.2 Å². The molecule has 0 spiro atoms. The van der Waals surface area contributed by atoms with Crippen LogP contribution >= 0.6 is 11.6 Å². The summed E-state index contributed by atoms with van der Waals surface area (Å²) in [5.41, 5.74) is 0.933.